The number of hydrogen-bond acceptors (Lipinski definition) is 6. The first-order valence-corrected chi connectivity index (χ1v) is 10.7. The maximum atomic E-state index is 12.4. The van der Waals surface area contributed by atoms with E-state index in [0.29, 0.717) is 45.3 Å². The fourth-order valence-electron chi connectivity index (χ4n) is 3.02. The number of ether oxygens (including phenoxy) is 1. The molecule has 0 fully saturated rings. The van der Waals surface area contributed by atoms with E-state index in [-0.39, 0.29) is 11.7 Å². The Morgan fingerprint density at radius 3 is 2.97 bits per heavy atom. The van der Waals surface area contributed by atoms with Crippen LogP contribution in [0.1, 0.15) is 0 Å². The van der Waals surface area contributed by atoms with Crippen LogP contribution in [0.2, 0.25) is 5.02 Å². The first-order valence-electron chi connectivity index (χ1n) is 9.37. The number of anilines is 1. The van der Waals surface area contributed by atoms with Crippen molar-refractivity contribution in [3.63, 3.8) is 0 Å². The Bertz CT molecular complexity index is 1250. The summed E-state index contributed by atoms with van der Waals surface area (Å²) >= 11 is 7.35. The molecule has 7 nitrogen and oxygen atoms in total. The number of furan rings is 1. The molecule has 0 aliphatic carbocycles. The summed E-state index contributed by atoms with van der Waals surface area (Å²) in [6, 6.07) is 14.5. The third-order valence-corrected chi connectivity index (χ3v) is 5.61. The van der Waals surface area contributed by atoms with Gasteiger partial charge in [-0.1, -0.05) is 35.5 Å². The number of halogens is 1. The van der Waals surface area contributed by atoms with Crippen molar-refractivity contribution >= 4 is 45.9 Å². The molecule has 1 amide bonds. The number of carbonyl (C=O) groups excluding carboxylic acids is 1. The van der Waals surface area contributed by atoms with Gasteiger partial charge >= 0.3 is 0 Å². The lowest BCUT2D eigenvalue weighted by atomic mass is 10.2. The van der Waals surface area contributed by atoms with Crippen LogP contribution in [0.15, 0.2) is 70.8 Å². The van der Waals surface area contributed by atoms with Gasteiger partial charge in [0.1, 0.15) is 11.3 Å². The second-order valence-corrected chi connectivity index (χ2v) is 7.95. The zero-order valence-corrected chi connectivity index (χ0v) is 18.2. The number of thioether (sulfide) groups is 1. The highest BCUT2D eigenvalue weighted by atomic mass is 35.5. The highest BCUT2D eigenvalue weighted by molar-refractivity contribution is 7.99. The second-order valence-electron chi connectivity index (χ2n) is 6.57. The summed E-state index contributed by atoms with van der Waals surface area (Å²) in [5.41, 5.74) is 1.37. The molecule has 2 aromatic carbocycles. The number of carbonyl (C=O) groups is 1. The van der Waals surface area contributed by atoms with Crippen molar-refractivity contribution in [2.45, 2.75) is 11.7 Å². The van der Waals surface area contributed by atoms with Crippen molar-refractivity contribution < 1.29 is 13.9 Å². The van der Waals surface area contributed by atoms with E-state index >= 15 is 0 Å². The maximum absolute atomic E-state index is 12.4. The lowest BCUT2D eigenvalue weighted by Crippen LogP contribution is -2.14. The van der Waals surface area contributed by atoms with Gasteiger partial charge in [0.25, 0.3) is 0 Å². The SMILES string of the molecule is C=CCn1c(SCC(=O)Nc2cccc(OC)c2)nnc1-c1cc2cc(Cl)ccc2o1. The third kappa shape index (κ3) is 4.76. The first-order chi connectivity index (χ1) is 15.1. The summed E-state index contributed by atoms with van der Waals surface area (Å²) < 4.78 is 13.0. The van der Waals surface area contributed by atoms with E-state index in [1.54, 1.807) is 31.4 Å². The van der Waals surface area contributed by atoms with Crippen molar-refractivity contribution in [1.29, 1.82) is 0 Å². The third-order valence-electron chi connectivity index (χ3n) is 4.41. The van der Waals surface area contributed by atoms with E-state index in [4.69, 9.17) is 20.8 Å². The van der Waals surface area contributed by atoms with Crippen LogP contribution in [0.4, 0.5) is 5.69 Å². The maximum Gasteiger partial charge on any atom is 0.234 e. The number of aromatic nitrogens is 3. The Hall–Kier alpha value is -3.23. The predicted molar refractivity (Wildman–Crippen MR) is 123 cm³/mol. The van der Waals surface area contributed by atoms with Crippen molar-refractivity contribution in [3.05, 3.63) is 66.2 Å². The lowest BCUT2D eigenvalue weighted by Gasteiger charge is -2.08. The summed E-state index contributed by atoms with van der Waals surface area (Å²) in [5, 5.41) is 13.5. The minimum Gasteiger partial charge on any atom is -0.497 e. The number of hydrogen-bond donors (Lipinski definition) is 1. The molecule has 158 valence electrons. The van der Waals surface area contributed by atoms with E-state index in [0.717, 1.165) is 5.39 Å². The highest BCUT2D eigenvalue weighted by Crippen LogP contribution is 2.30. The number of rotatable bonds is 8. The average molecular weight is 455 g/mol. The molecule has 0 saturated carbocycles. The van der Waals surface area contributed by atoms with Gasteiger partial charge in [-0.25, -0.2) is 0 Å². The lowest BCUT2D eigenvalue weighted by molar-refractivity contribution is -0.113. The van der Waals surface area contributed by atoms with Gasteiger partial charge in [0.05, 0.1) is 12.9 Å². The van der Waals surface area contributed by atoms with Crippen molar-refractivity contribution in [2.75, 3.05) is 18.2 Å². The van der Waals surface area contributed by atoms with Crippen LogP contribution < -0.4 is 10.1 Å². The topological polar surface area (TPSA) is 82.2 Å². The smallest absolute Gasteiger partial charge is 0.234 e. The van der Waals surface area contributed by atoms with Crippen molar-refractivity contribution in [3.8, 4) is 17.3 Å². The number of nitrogens with zero attached hydrogens (tertiary/aromatic N) is 3. The van der Waals surface area contributed by atoms with Crippen LogP contribution in [0.5, 0.6) is 5.75 Å². The molecule has 31 heavy (non-hydrogen) atoms. The molecule has 2 heterocycles. The van der Waals surface area contributed by atoms with E-state index in [9.17, 15) is 4.79 Å². The Morgan fingerprint density at radius 2 is 2.16 bits per heavy atom. The molecule has 0 saturated heterocycles. The summed E-state index contributed by atoms with van der Waals surface area (Å²) in [7, 11) is 1.58. The summed E-state index contributed by atoms with van der Waals surface area (Å²) in [6.07, 6.45) is 1.74. The number of nitrogens with one attached hydrogen (secondary N) is 1. The second kappa shape index (κ2) is 9.28. The standard InChI is InChI=1S/C22H19ClN4O3S/c1-3-9-27-21(19-11-14-10-15(23)7-8-18(14)30-19)25-26-22(27)31-13-20(28)24-16-5-4-6-17(12-16)29-2/h3-8,10-12H,1,9,13H2,2H3,(H,24,28). The summed E-state index contributed by atoms with van der Waals surface area (Å²) in [6.45, 7) is 4.28. The van der Waals surface area contributed by atoms with Gasteiger partial charge < -0.3 is 14.5 Å². The van der Waals surface area contributed by atoms with E-state index in [1.165, 1.54) is 11.8 Å². The first kappa shape index (κ1) is 21.0. The number of allylic oxidation sites excluding steroid dienone is 1. The number of fused-ring (bicyclic) bond motifs is 1. The quantitative estimate of drug-likeness (QED) is 0.288. The predicted octanol–water partition coefficient (Wildman–Crippen LogP) is 5.27. The van der Waals surface area contributed by atoms with Gasteiger partial charge in [0.15, 0.2) is 10.9 Å². The molecule has 0 aliphatic rings. The molecule has 2 aromatic heterocycles. The summed E-state index contributed by atoms with van der Waals surface area (Å²) in [5.74, 6) is 1.81. The van der Waals surface area contributed by atoms with Gasteiger partial charge in [-0.2, -0.15) is 0 Å². The fourth-order valence-corrected chi connectivity index (χ4v) is 3.95. The number of amides is 1. The molecule has 4 rings (SSSR count). The van der Waals surface area contributed by atoms with Crippen LogP contribution in [0.25, 0.3) is 22.6 Å². The molecule has 0 spiro atoms. The van der Waals surface area contributed by atoms with Gasteiger partial charge in [0.2, 0.25) is 11.7 Å². The fraction of sp³-hybridized carbons (Fsp3) is 0.136. The minimum atomic E-state index is -0.161. The van der Waals surface area contributed by atoms with Gasteiger partial charge in [-0.05, 0) is 36.4 Å². The van der Waals surface area contributed by atoms with E-state index in [1.807, 2.05) is 34.9 Å². The molecule has 0 atom stereocenters. The van der Waals surface area contributed by atoms with E-state index in [2.05, 4.69) is 22.1 Å². The molecule has 0 radical (unpaired) electrons. The van der Waals surface area contributed by atoms with E-state index < -0.39 is 0 Å². The zero-order valence-electron chi connectivity index (χ0n) is 16.7. The van der Waals surface area contributed by atoms with Crippen molar-refractivity contribution in [1.82, 2.24) is 14.8 Å². The van der Waals surface area contributed by atoms with Gasteiger partial charge in [-0.15, -0.1) is 16.8 Å². The van der Waals surface area contributed by atoms with Crippen LogP contribution in [0.3, 0.4) is 0 Å². The monoisotopic (exact) mass is 454 g/mol. The average Bonchev–Trinajstić information content (AvgIpc) is 3.36. The van der Waals surface area contributed by atoms with Crippen LogP contribution >= 0.6 is 23.4 Å². The van der Waals surface area contributed by atoms with Crippen LogP contribution in [-0.4, -0.2) is 33.5 Å². The largest absolute Gasteiger partial charge is 0.497 e. The Morgan fingerprint density at radius 1 is 1.29 bits per heavy atom. The molecule has 4 aromatic rings. The van der Waals surface area contributed by atoms with Crippen molar-refractivity contribution in [2.24, 2.45) is 0 Å². The molecule has 0 bridgehead atoms. The Kier molecular flexibility index (Phi) is 6.29. The molecule has 1 N–H and O–H groups in total. The van der Waals surface area contributed by atoms with Crippen LogP contribution in [0, 0.1) is 0 Å². The number of methoxy groups -OCH3 is 1. The molecule has 9 heteroatoms. The molecular weight excluding hydrogens is 436 g/mol. The Labute approximate surface area is 188 Å². The van der Waals surface area contributed by atoms with Crippen LogP contribution in [-0.2, 0) is 11.3 Å². The zero-order chi connectivity index (χ0) is 21.8. The normalized spacial score (nSPS) is 10.9. The summed E-state index contributed by atoms with van der Waals surface area (Å²) in [4.78, 5) is 12.4. The molecule has 0 aliphatic heterocycles. The minimum absolute atomic E-state index is 0.161. The van der Waals surface area contributed by atoms with Gasteiger partial charge in [-0.3, -0.25) is 9.36 Å². The molecular formula is C22H19ClN4O3S. The highest BCUT2D eigenvalue weighted by Gasteiger charge is 2.18. The Balaban J connectivity index is 1.51. The number of benzene rings is 2. The molecule has 0 unspecified atom stereocenters. The van der Waals surface area contributed by atoms with Gasteiger partial charge in [0, 0.05) is 28.7 Å².